The SMILES string of the molecule is CC(C)N1CCN(C(=O)c2ccc[nH]c2=O)CC1. The summed E-state index contributed by atoms with van der Waals surface area (Å²) < 4.78 is 0. The number of carbonyl (C=O) groups is 1. The van der Waals surface area contributed by atoms with E-state index in [4.69, 9.17) is 0 Å². The Kier molecular flexibility index (Phi) is 3.81. The third-order valence-corrected chi connectivity index (χ3v) is 3.38. The molecule has 0 saturated carbocycles. The summed E-state index contributed by atoms with van der Waals surface area (Å²) in [6, 6.07) is 3.76. The van der Waals surface area contributed by atoms with Gasteiger partial charge in [0.05, 0.1) is 0 Å². The summed E-state index contributed by atoms with van der Waals surface area (Å²) in [6.45, 7) is 7.41. The van der Waals surface area contributed by atoms with Crippen LogP contribution in [-0.4, -0.2) is 52.9 Å². The second-order valence-corrected chi connectivity index (χ2v) is 4.83. The molecule has 0 bridgehead atoms. The van der Waals surface area contributed by atoms with Gasteiger partial charge < -0.3 is 9.88 Å². The number of carbonyl (C=O) groups excluding carboxylic acids is 1. The topological polar surface area (TPSA) is 56.4 Å². The van der Waals surface area contributed by atoms with Gasteiger partial charge in [-0.3, -0.25) is 14.5 Å². The fourth-order valence-corrected chi connectivity index (χ4v) is 2.20. The number of pyridine rings is 1. The van der Waals surface area contributed by atoms with Crippen molar-refractivity contribution in [2.45, 2.75) is 19.9 Å². The molecule has 0 aromatic carbocycles. The largest absolute Gasteiger partial charge is 0.336 e. The van der Waals surface area contributed by atoms with Crippen molar-refractivity contribution in [3.63, 3.8) is 0 Å². The van der Waals surface area contributed by atoms with E-state index in [2.05, 4.69) is 23.7 Å². The molecule has 0 spiro atoms. The van der Waals surface area contributed by atoms with Crippen molar-refractivity contribution in [1.82, 2.24) is 14.8 Å². The summed E-state index contributed by atoms with van der Waals surface area (Å²) in [7, 11) is 0. The van der Waals surface area contributed by atoms with Crippen molar-refractivity contribution in [2.75, 3.05) is 26.2 Å². The minimum atomic E-state index is -0.311. The molecule has 2 heterocycles. The summed E-state index contributed by atoms with van der Waals surface area (Å²) in [4.78, 5) is 30.4. The van der Waals surface area contributed by atoms with E-state index in [0.29, 0.717) is 19.1 Å². The highest BCUT2D eigenvalue weighted by Crippen LogP contribution is 2.08. The van der Waals surface area contributed by atoms with E-state index < -0.39 is 0 Å². The monoisotopic (exact) mass is 249 g/mol. The van der Waals surface area contributed by atoms with E-state index in [9.17, 15) is 9.59 Å². The number of H-pyrrole nitrogens is 1. The molecule has 1 aromatic rings. The zero-order valence-corrected chi connectivity index (χ0v) is 10.8. The zero-order valence-electron chi connectivity index (χ0n) is 10.8. The molecule has 0 atom stereocenters. The summed E-state index contributed by atoms with van der Waals surface area (Å²) in [6.07, 6.45) is 1.54. The van der Waals surface area contributed by atoms with Gasteiger partial charge in [-0.25, -0.2) is 0 Å². The second kappa shape index (κ2) is 5.35. The van der Waals surface area contributed by atoms with E-state index in [1.165, 1.54) is 6.20 Å². The molecule has 0 aliphatic carbocycles. The first-order chi connectivity index (χ1) is 8.59. The standard InChI is InChI=1S/C13H19N3O2/c1-10(2)15-6-8-16(9-7-15)13(18)11-4-3-5-14-12(11)17/h3-5,10H,6-9H2,1-2H3,(H,14,17). The lowest BCUT2D eigenvalue weighted by molar-refractivity contribution is 0.0594. The number of nitrogens with one attached hydrogen (secondary N) is 1. The minimum Gasteiger partial charge on any atom is -0.336 e. The summed E-state index contributed by atoms with van der Waals surface area (Å²) in [5.41, 5.74) is -0.0794. The van der Waals surface area contributed by atoms with E-state index in [0.717, 1.165) is 13.1 Å². The van der Waals surface area contributed by atoms with Gasteiger partial charge in [0, 0.05) is 38.4 Å². The van der Waals surface area contributed by atoms with Crippen LogP contribution in [0.5, 0.6) is 0 Å². The van der Waals surface area contributed by atoms with E-state index in [1.807, 2.05) is 0 Å². The molecular weight excluding hydrogens is 230 g/mol. The number of nitrogens with zero attached hydrogens (tertiary/aromatic N) is 2. The Balaban J connectivity index is 2.04. The molecule has 0 unspecified atom stereocenters. The Morgan fingerprint density at radius 2 is 1.94 bits per heavy atom. The summed E-state index contributed by atoms with van der Waals surface area (Å²) in [5.74, 6) is -0.166. The van der Waals surface area contributed by atoms with Crippen LogP contribution in [0.3, 0.4) is 0 Å². The third kappa shape index (κ3) is 2.61. The fourth-order valence-electron chi connectivity index (χ4n) is 2.20. The maximum Gasteiger partial charge on any atom is 0.260 e. The van der Waals surface area contributed by atoms with Crippen molar-refractivity contribution >= 4 is 5.91 Å². The molecule has 5 heteroatoms. The molecule has 1 N–H and O–H groups in total. The predicted molar refractivity (Wildman–Crippen MR) is 69.7 cm³/mol. The lowest BCUT2D eigenvalue weighted by Crippen LogP contribution is -2.51. The number of aromatic nitrogens is 1. The first-order valence-corrected chi connectivity index (χ1v) is 6.30. The zero-order chi connectivity index (χ0) is 13.1. The van der Waals surface area contributed by atoms with Crippen LogP contribution in [0.15, 0.2) is 23.1 Å². The molecule has 18 heavy (non-hydrogen) atoms. The van der Waals surface area contributed by atoms with Gasteiger partial charge in [0.1, 0.15) is 5.56 Å². The van der Waals surface area contributed by atoms with E-state index in [-0.39, 0.29) is 17.0 Å². The molecule has 1 aliphatic heterocycles. The van der Waals surface area contributed by atoms with E-state index in [1.54, 1.807) is 17.0 Å². The summed E-state index contributed by atoms with van der Waals surface area (Å²) in [5, 5.41) is 0. The number of rotatable bonds is 2. The Bertz CT molecular complexity index is 473. The van der Waals surface area contributed by atoms with Gasteiger partial charge in [0.25, 0.3) is 11.5 Å². The highest BCUT2D eigenvalue weighted by Gasteiger charge is 2.24. The molecule has 1 saturated heterocycles. The summed E-state index contributed by atoms with van der Waals surface area (Å²) >= 11 is 0. The van der Waals surface area contributed by atoms with Crippen LogP contribution in [0.1, 0.15) is 24.2 Å². The first-order valence-electron chi connectivity index (χ1n) is 6.30. The van der Waals surface area contributed by atoms with Crippen LogP contribution in [-0.2, 0) is 0 Å². The highest BCUT2D eigenvalue weighted by molar-refractivity contribution is 5.93. The molecule has 5 nitrogen and oxygen atoms in total. The Hall–Kier alpha value is -1.62. The Labute approximate surface area is 106 Å². The van der Waals surface area contributed by atoms with E-state index >= 15 is 0 Å². The van der Waals surface area contributed by atoms with Gasteiger partial charge >= 0.3 is 0 Å². The van der Waals surface area contributed by atoms with Gasteiger partial charge in [-0.2, -0.15) is 0 Å². The molecule has 1 fully saturated rings. The van der Waals surface area contributed by atoms with Crippen molar-refractivity contribution in [3.8, 4) is 0 Å². The van der Waals surface area contributed by atoms with Crippen molar-refractivity contribution in [3.05, 3.63) is 34.2 Å². The Morgan fingerprint density at radius 1 is 1.28 bits per heavy atom. The predicted octanol–water partition coefficient (Wildman–Crippen LogP) is 0.541. The number of aromatic amines is 1. The lowest BCUT2D eigenvalue weighted by atomic mass is 10.2. The molecule has 1 amide bonds. The highest BCUT2D eigenvalue weighted by atomic mass is 16.2. The minimum absolute atomic E-state index is 0.166. The van der Waals surface area contributed by atoms with Crippen LogP contribution in [0.2, 0.25) is 0 Å². The first kappa shape index (κ1) is 12.8. The van der Waals surface area contributed by atoms with Gasteiger partial charge in [-0.1, -0.05) is 0 Å². The third-order valence-electron chi connectivity index (χ3n) is 3.38. The molecule has 1 aliphatic rings. The van der Waals surface area contributed by atoms with Crippen LogP contribution in [0, 0.1) is 0 Å². The molecule has 1 aromatic heterocycles. The van der Waals surface area contributed by atoms with Crippen molar-refractivity contribution in [1.29, 1.82) is 0 Å². The molecule has 98 valence electrons. The van der Waals surface area contributed by atoms with Gasteiger partial charge in [0.2, 0.25) is 0 Å². The second-order valence-electron chi connectivity index (χ2n) is 4.83. The average molecular weight is 249 g/mol. The van der Waals surface area contributed by atoms with Crippen LogP contribution >= 0.6 is 0 Å². The normalized spacial score (nSPS) is 17.2. The van der Waals surface area contributed by atoms with Crippen LogP contribution in [0.4, 0.5) is 0 Å². The van der Waals surface area contributed by atoms with Gasteiger partial charge in [0.15, 0.2) is 0 Å². The quantitative estimate of drug-likeness (QED) is 0.832. The fraction of sp³-hybridized carbons (Fsp3) is 0.538. The average Bonchev–Trinajstić information content (AvgIpc) is 2.38. The Morgan fingerprint density at radius 3 is 2.50 bits per heavy atom. The van der Waals surface area contributed by atoms with Gasteiger partial charge in [-0.05, 0) is 26.0 Å². The van der Waals surface area contributed by atoms with Gasteiger partial charge in [-0.15, -0.1) is 0 Å². The number of hydrogen-bond donors (Lipinski definition) is 1. The number of piperazine rings is 1. The van der Waals surface area contributed by atoms with Crippen molar-refractivity contribution in [2.24, 2.45) is 0 Å². The number of hydrogen-bond acceptors (Lipinski definition) is 3. The molecule has 2 rings (SSSR count). The van der Waals surface area contributed by atoms with Crippen LogP contribution < -0.4 is 5.56 Å². The maximum absolute atomic E-state index is 12.2. The number of amides is 1. The van der Waals surface area contributed by atoms with Crippen LogP contribution in [0.25, 0.3) is 0 Å². The smallest absolute Gasteiger partial charge is 0.260 e. The molecular formula is C13H19N3O2. The van der Waals surface area contributed by atoms with Crippen molar-refractivity contribution < 1.29 is 4.79 Å². The molecule has 0 radical (unpaired) electrons. The maximum atomic E-state index is 12.2. The lowest BCUT2D eigenvalue weighted by Gasteiger charge is -2.36.